The summed E-state index contributed by atoms with van der Waals surface area (Å²) in [6.45, 7) is 6.74. The number of carboxylic acid groups (broad SMARTS) is 1. The fraction of sp³-hybridized carbons (Fsp3) is 0.931. The van der Waals surface area contributed by atoms with Crippen LogP contribution in [0.1, 0.15) is 85.0 Å². The molecule has 8 heteroatoms. The zero-order valence-corrected chi connectivity index (χ0v) is 23.9. The van der Waals surface area contributed by atoms with Crippen molar-refractivity contribution in [2.45, 2.75) is 109 Å². The second-order valence-electron chi connectivity index (χ2n) is 13.3. The number of fused-ring (bicyclic) bond motifs is 5. The Kier molecular flexibility index (Phi) is 8.94. The van der Waals surface area contributed by atoms with E-state index in [1.807, 2.05) is 6.26 Å². The monoisotopic (exact) mass is 539 g/mol. The van der Waals surface area contributed by atoms with Gasteiger partial charge in [0.05, 0.1) is 18.3 Å². The van der Waals surface area contributed by atoms with E-state index in [-0.39, 0.29) is 65.0 Å². The molecule has 5 N–H and O–H groups in total. The molecule has 1 amide bonds. The minimum atomic E-state index is -0.990. The fourth-order valence-electron chi connectivity index (χ4n) is 9.45. The summed E-state index contributed by atoms with van der Waals surface area (Å²) < 4.78 is 0. The molecule has 0 heterocycles. The molecule has 0 saturated heterocycles. The molecule has 37 heavy (non-hydrogen) atoms. The van der Waals surface area contributed by atoms with E-state index in [1.54, 1.807) is 11.8 Å². The first-order valence-corrected chi connectivity index (χ1v) is 15.9. The molecule has 7 nitrogen and oxygen atoms in total. The number of thioether (sulfide) groups is 1. The lowest BCUT2D eigenvalue weighted by Crippen LogP contribution is -2.62. The highest BCUT2D eigenvalue weighted by atomic mass is 32.2. The molecule has 4 rings (SSSR count). The number of amides is 1. The summed E-state index contributed by atoms with van der Waals surface area (Å²) in [6.07, 6.45) is 8.15. The van der Waals surface area contributed by atoms with Crippen molar-refractivity contribution in [2.24, 2.45) is 46.3 Å². The first kappa shape index (κ1) is 29.2. The predicted octanol–water partition coefficient (Wildman–Crippen LogP) is 3.69. The van der Waals surface area contributed by atoms with Crippen molar-refractivity contribution in [3.63, 3.8) is 0 Å². The van der Waals surface area contributed by atoms with Crippen LogP contribution in [0.2, 0.25) is 0 Å². The lowest BCUT2D eigenvalue weighted by atomic mass is 9.43. The van der Waals surface area contributed by atoms with E-state index in [1.165, 1.54) is 0 Å². The maximum Gasteiger partial charge on any atom is 0.326 e. The van der Waals surface area contributed by atoms with Gasteiger partial charge in [0, 0.05) is 6.42 Å². The number of carbonyl (C=O) groups excluding carboxylic acids is 1. The van der Waals surface area contributed by atoms with Crippen LogP contribution in [-0.2, 0) is 9.59 Å². The van der Waals surface area contributed by atoms with E-state index < -0.39 is 18.1 Å². The number of hydrogen-bond acceptors (Lipinski definition) is 6. The van der Waals surface area contributed by atoms with E-state index in [9.17, 15) is 30.0 Å². The lowest BCUT2D eigenvalue weighted by Gasteiger charge is -2.63. The molecule has 4 aliphatic carbocycles. The first-order valence-electron chi connectivity index (χ1n) is 14.5. The van der Waals surface area contributed by atoms with Crippen LogP contribution in [0, 0.1) is 46.3 Å². The molecule has 0 aliphatic heterocycles. The smallest absolute Gasteiger partial charge is 0.326 e. The van der Waals surface area contributed by atoms with Crippen LogP contribution in [0.4, 0.5) is 0 Å². The van der Waals surface area contributed by atoms with Crippen molar-refractivity contribution >= 4 is 23.6 Å². The average Bonchev–Trinajstić information content (AvgIpc) is 3.20. The summed E-state index contributed by atoms with van der Waals surface area (Å²) in [4.78, 5) is 24.1. The molecule has 0 aromatic rings. The lowest BCUT2D eigenvalue weighted by molar-refractivity contribution is -0.207. The number of hydrogen-bond donors (Lipinski definition) is 5. The van der Waals surface area contributed by atoms with Crippen LogP contribution in [-0.4, -0.2) is 68.7 Å². The second kappa shape index (κ2) is 11.3. The van der Waals surface area contributed by atoms with Crippen molar-refractivity contribution in [2.75, 3.05) is 12.0 Å². The summed E-state index contributed by atoms with van der Waals surface area (Å²) in [6, 6.07) is -0.848. The van der Waals surface area contributed by atoms with Gasteiger partial charge in [-0.3, -0.25) is 4.79 Å². The third kappa shape index (κ3) is 5.33. The maximum atomic E-state index is 12.6. The van der Waals surface area contributed by atoms with Gasteiger partial charge < -0.3 is 25.7 Å². The Hall–Kier alpha value is -0.830. The third-order valence-corrected chi connectivity index (χ3v) is 12.2. The molecule has 0 spiro atoms. The minimum absolute atomic E-state index is 0.0597. The zero-order valence-electron chi connectivity index (χ0n) is 23.1. The Labute approximate surface area is 226 Å². The summed E-state index contributed by atoms with van der Waals surface area (Å²) >= 11 is 1.57. The van der Waals surface area contributed by atoms with Crippen LogP contribution < -0.4 is 5.32 Å². The molecule has 0 aromatic carbocycles. The largest absolute Gasteiger partial charge is 0.480 e. The Morgan fingerprint density at radius 3 is 2.43 bits per heavy atom. The Morgan fingerprint density at radius 1 is 1.03 bits per heavy atom. The quantitative estimate of drug-likeness (QED) is 0.302. The van der Waals surface area contributed by atoms with Crippen molar-refractivity contribution in [1.82, 2.24) is 5.32 Å². The molecule has 212 valence electrons. The van der Waals surface area contributed by atoms with Crippen molar-refractivity contribution in [3.05, 3.63) is 0 Å². The number of aliphatic carboxylic acids is 1. The van der Waals surface area contributed by atoms with E-state index in [0.717, 1.165) is 38.5 Å². The van der Waals surface area contributed by atoms with E-state index in [2.05, 4.69) is 26.1 Å². The summed E-state index contributed by atoms with van der Waals surface area (Å²) in [5.74, 6) is 0.973. The van der Waals surface area contributed by atoms with Crippen molar-refractivity contribution < 1.29 is 30.0 Å². The van der Waals surface area contributed by atoms with Crippen LogP contribution in [0.3, 0.4) is 0 Å². The molecule has 0 aromatic heterocycles. The standard InChI is InChI=1S/C29H49NO6S/c1-16(5-8-25(34)30-22(27(35)36)10-12-37-4)19-6-7-20-26-21(15-24(33)29(19,20)3)28(2)11-9-18(31)13-17(28)14-23(26)32/h16-24,26,31-33H,5-15H2,1-4H3,(H,30,34)(H,35,36)/t16-,17+,18-,19-,20+,21+,22?,23-,24+,26+,28+,29-/m1/s1. The second-order valence-corrected chi connectivity index (χ2v) is 14.3. The fourth-order valence-corrected chi connectivity index (χ4v) is 9.92. The minimum Gasteiger partial charge on any atom is -0.480 e. The van der Waals surface area contributed by atoms with Gasteiger partial charge in [-0.2, -0.15) is 11.8 Å². The van der Waals surface area contributed by atoms with E-state index >= 15 is 0 Å². The van der Waals surface area contributed by atoms with Crippen molar-refractivity contribution in [1.29, 1.82) is 0 Å². The number of nitrogens with one attached hydrogen (secondary N) is 1. The number of aliphatic hydroxyl groups excluding tert-OH is 3. The summed E-state index contributed by atoms with van der Waals surface area (Å²) in [5.41, 5.74) is -0.235. The van der Waals surface area contributed by atoms with E-state index in [4.69, 9.17) is 0 Å². The molecule has 0 bridgehead atoms. The van der Waals surface area contributed by atoms with Gasteiger partial charge in [-0.25, -0.2) is 4.79 Å². The van der Waals surface area contributed by atoms with Gasteiger partial charge in [-0.1, -0.05) is 20.8 Å². The third-order valence-electron chi connectivity index (χ3n) is 11.6. The highest BCUT2D eigenvalue weighted by Crippen LogP contribution is 2.68. The highest BCUT2D eigenvalue weighted by Gasteiger charge is 2.65. The number of rotatable bonds is 9. The van der Waals surface area contributed by atoms with Crippen LogP contribution in [0.5, 0.6) is 0 Å². The normalized spacial score (nSPS) is 44.7. The average molecular weight is 540 g/mol. The van der Waals surface area contributed by atoms with Crippen LogP contribution >= 0.6 is 11.8 Å². The van der Waals surface area contributed by atoms with Gasteiger partial charge in [-0.05, 0) is 116 Å². The predicted molar refractivity (Wildman–Crippen MR) is 145 cm³/mol. The Balaban J connectivity index is 1.43. The molecular weight excluding hydrogens is 490 g/mol. The molecular formula is C29H49NO6S. The van der Waals surface area contributed by atoms with Gasteiger partial charge in [0.2, 0.25) is 5.91 Å². The van der Waals surface area contributed by atoms with Gasteiger partial charge in [0.15, 0.2) is 0 Å². The first-order chi connectivity index (χ1) is 17.4. The number of aliphatic hydroxyl groups is 3. The molecule has 0 radical (unpaired) electrons. The van der Waals surface area contributed by atoms with Crippen molar-refractivity contribution in [3.8, 4) is 0 Å². The van der Waals surface area contributed by atoms with Gasteiger partial charge in [-0.15, -0.1) is 0 Å². The number of carbonyl (C=O) groups is 2. The maximum absolute atomic E-state index is 12.6. The van der Waals surface area contributed by atoms with Gasteiger partial charge in [0.25, 0.3) is 0 Å². The summed E-state index contributed by atoms with van der Waals surface area (Å²) in [7, 11) is 0. The van der Waals surface area contributed by atoms with Gasteiger partial charge >= 0.3 is 5.97 Å². The highest BCUT2D eigenvalue weighted by molar-refractivity contribution is 7.98. The van der Waals surface area contributed by atoms with Crippen LogP contribution in [0.15, 0.2) is 0 Å². The summed E-state index contributed by atoms with van der Waals surface area (Å²) in [5, 5.41) is 45.5. The Bertz CT molecular complexity index is 841. The Morgan fingerprint density at radius 2 is 1.76 bits per heavy atom. The van der Waals surface area contributed by atoms with Gasteiger partial charge in [0.1, 0.15) is 6.04 Å². The molecule has 1 unspecified atom stereocenters. The SMILES string of the molecule is CSCCC(NC(=O)CC[C@@H](C)[C@H]1CC[C@H]2[C@@H]3[C@H](O)C[C@@H]4C[C@H](O)CC[C@]4(C)[C@H]3C[C@H](O)[C@]12C)C(=O)O. The van der Waals surface area contributed by atoms with Crippen LogP contribution in [0.25, 0.3) is 0 Å². The molecule has 4 saturated carbocycles. The topological polar surface area (TPSA) is 127 Å². The molecule has 12 atom stereocenters. The molecule has 4 aliphatic rings. The molecule has 4 fully saturated rings. The van der Waals surface area contributed by atoms with E-state index in [0.29, 0.717) is 30.9 Å². The zero-order chi connectivity index (χ0) is 27.1. The number of carboxylic acids is 1.